The van der Waals surface area contributed by atoms with Crippen LogP contribution in [0.1, 0.15) is 95.5 Å². The number of hydrogen-bond acceptors (Lipinski definition) is 6. The van der Waals surface area contributed by atoms with Crippen molar-refractivity contribution in [2.75, 3.05) is 46.4 Å². The standard InChI is InChI=1S/C20H32N2O3S.C12H24N2.2ClH/c1-16-10-11-20(19(14-16)25-2)26(23,24)21-18-9-5-4-8-17(18)15-22-12-6-3-7-13-22;13-12-7-3-2-6-11(12)10-14-8-4-1-5-9-14;;/h10-11,14,17-18,21H,3-9,12-13,15H2,1-2H3;11-12H,1-10,13H2;2*1H/t17-,18+;11-,12+;;/m00../s1. The Morgan fingerprint density at radius 3 is 1.88 bits per heavy atom. The average Bonchev–Trinajstić information content (AvgIpc) is 2.96. The van der Waals surface area contributed by atoms with Gasteiger partial charge in [-0.3, -0.25) is 0 Å². The van der Waals surface area contributed by atoms with Crippen molar-refractivity contribution in [1.82, 2.24) is 14.5 Å². The molecule has 3 N–H and O–H groups in total. The van der Waals surface area contributed by atoms with Crippen LogP contribution in [0.15, 0.2) is 23.1 Å². The fourth-order valence-electron chi connectivity index (χ4n) is 7.25. The molecule has 0 radical (unpaired) electrons. The number of nitrogens with zero attached hydrogens (tertiary/aromatic N) is 2. The number of benzene rings is 1. The van der Waals surface area contributed by atoms with Gasteiger partial charge in [-0.15, -0.1) is 24.8 Å². The number of nitrogens with one attached hydrogen (secondary N) is 1. The van der Waals surface area contributed by atoms with Crippen LogP contribution in [-0.2, 0) is 10.0 Å². The molecule has 244 valence electrons. The zero-order valence-corrected chi connectivity index (χ0v) is 28.6. The summed E-state index contributed by atoms with van der Waals surface area (Å²) in [6.45, 7) is 9.18. The number of rotatable bonds is 8. The van der Waals surface area contributed by atoms with Crippen molar-refractivity contribution in [1.29, 1.82) is 0 Å². The Morgan fingerprint density at radius 1 is 0.786 bits per heavy atom. The van der Waals surface area contributed by atoms with Crippen molar-refractivity contribution in [3.63, 3.8) is 0 Å². The number of ether oxygens (including phenoxy) is 1. The number of aryl methyl sites for hydroxylation is 1. The van der Waals surface area contributed by atoms with Gasteiger partial charge in [0.2, 0.25) is 10.0 Å². The molecule has 42 heavy (non-hydrogen) atoms. The number of nitrogens with two attached hydrogens (primary N) is 1. The summed E-state index contributed by atoms with van der Waals surface area (Å²) in [7, 11) is -2.07. The minimum absolute atomic E-state index is 0. The highest BCUT2D eigenvalue weighted by atomic mass is 35.5. The highest BCUT2D eigenvalue weighted by Gasteiger charge is 2.32. The first-order valence-electron chi connectivity index (χ1n) is 16.2. The van der Waals surface area contributed by atoms with Crippen LogP contribution in [0, 0.1) is 18.8 Å². The van der Waals surface area contributed by atoms with Crippen molar-refractivity contribution < 1.29 is 13.2 Å². The molecular weight excluding hydrogens is 591 g/mol. The van der Waals surface area contributed by atoms with Crippen molar-refractivity contribution in [2.45, 2.75) is 114 Å². The molecule has 0 unspecified atom stereocenters. The minimum atomic E-state index is -3.59. The van der Waals surface area contributed by atoms with Crippen LogP contribution in [0.25, 0.3) is 0 Å². The molecule has 0 spiro atoms. The second-order valence-corrected chi connectivity index (χ2v) is 14.5. The molecule has 4 atom stereocenters. The molecular formula is C32H58Cl2N4O3S. The highest BCUT2D eigenvalue weighted by Crippen LogP contribution is 2.30. The van der Waals surface area contributed by atoms with Gasteiger partial charge in [0.05, 0.1) is 7.11 Å². The Bertz CT molecular complexity index is 1000. The number of hydrogen-bond donors (Lipinski definition) is 2. The van der Waals surface area contributed by atoms with E-state index in [1.807, 2.05) is 13.0 Å². The van der Waals surface area contributed by atoms with Gasteiger partial charge in [-0.25, -0.2) is 13.1 Å². The van der Waals surface area contributed by atoms with Gasteiger partial charge in [0.1, 0.15) is 10.6 Å². The van der Waals surface area contributed by atoms with Gasteiger partial charge in [0, 0.05) is 25.2 Å². The zero-order valence-electron chi connectivity index (χ0n) is 26.1. The molecule has 4 aliphatic rings. The van der Waals surface area contributed by atoms with Crippen LogP contribution < -0.4 is 15.2 Å². The van der Waals surface area contributed by atoms with E-state index in [4.69, 9.17) is 10.5 Å². The summed E-state index contributed by atoms with van der Waals surface area (Å²) >= 11 is 0. The summed E-state index contributed by atoms with van der Waals surface area (Å²) in [5, 5.41) is 0. The van der Waals surface area contributed by atoms with E-state index in [1.165, 1.54) is 97.4 Å². The second kappa shape index (κ2) is 19.0. The smallest absolute Gasteiger partial charge is 0.244 e. The molecule has 1 aromatic carbocycles. The van der Waals surface area contributed by atoms with E-state index in [9.17, 15) is 8.42 Å². The quantitative estimate of drug-likeness (QED) is 0.351. The van der Waals surface area contributed by atoms with E-state index < -0.39 is 10.0 Å². The van der Waals surface area contributed by atoms with Crippen molar-refractivity contribution >= 4 is 34.8 Å². The lowest BCUT2D eigenvalue weighted by Crippen LogP contribution is -2.47. The Kier molecular flexibility index (Phi) is 17.0. The van der Waals surface area contributed by atoms with Crippen LogP contribution in [0.3, 0.4) is 0 Å². The van der Waals surface area contributed by atoms with Crippen LogP contribution in [0.4, 0.5) is 0 Å². The summed E-state index contributed by atoms with van der Waals surface area (Å²) in [5.41, 5.74) is 7.16. The molecule has 0 aromatic heterocycles. The average molecular weight is 650 g/mol. The predicted octanol–water partition coefficient (Wildman–Crippen LogP) is 6.16. The number of piperidine rings is 2. The van der Waals surface area contributed by atoms with E-state index in [1.54, 1.807) is 12.1 Å². The summed E-state index contributed by atoms with van der Waals surface area (Å²) < 4.78 is 34.4. The monoisotopic (exact) mass is 648 g/mol. The number of likely N-dealkylation sites (tertiary alicyclic amines) is 2. The number of sulfonamides is 1. The number of methoxy groups -OCH3 is 1. The summed E-state index contributed by atoms with van der Waals surface area (Å²) in [4.78, 5) is 5.40. The third-order valence-electron chi connectivity index (χ3n) is 9.67. The third-order valence-corrected chi connectivity index (χ3v) is 11.2. The summed E-state index contributed by atoms with van der Waals surface area (Å²) in [6.07, 6.45) is 17.8. The molecule has 0 amide bonds. The number of halogens is 2. The lowest BCUT2D eigenvalue weighted by Gasteiger charge is -2.37. The first-order chi connectivity index (χ1) is 19.4. The van der Waals surface area contributed by atoms with Gasteiger partial charge in [0.25, 0.3) is 0 Å². The highest BCUT2D eigenvalue weighted by molar-refractivity contribution is 7.89. The lowest BCUT2D eigenvalue weighted by molar-refractivity contribution is 0.156. The van der Waals surface area contributed by atoms with E-state index in [2.05, 4.69) is 14.5 Å². The first kappa shape index (κ1) is 37.6. The first-order valence-corrected chi connectivity index (χ1v) is 17.7. The third kappa shape index (κ3) is 11.4. The molecule has 1 aromatic rings. The Morgan fingerprint density at radius 2 is 1.31 bits per heavy atom. The fraction of sp³-hybridized carbons (Fsp3) is 0.812. The Hall–Kier alpha value is -0.610. The van der Waals surface area contributed by atoms with Crippen LogP contribution >= 0.6 is 24.8 Å². The van der Waals surface area contributed by atoms with E-state index in [0.29, 0.717) is 17.7 Å². The maximum absolute atomic E-state index is 13.0. The van der Waals surface area contributed by atoms with Gasteiger partial charge in [-0.1, -0.05) is 44.6 Å². The van der Waals surface area contributed by atoms with E-state index in [-0.39, 0.29) is 35.8 Å². The topological polar surface area (TPSA) is 87.9 Å². The molecule has 5 rings (SSSR count). The van der Waals surface area contributed by atoms with Gasteiger partial charge in [0.15, 0.2) is 0 Å². The van der Waals surface area contributed by atoms with Crippen LogP contribution in [-0.4, -0.2) is 76.7 Å². The second-order valence-electron chi connectivity index (χ2n) is 12.9. The van der Waals surface area contributed by atoms with Gasteiger partial charge < -0.3 is 20.3 Å². The van der Waals surface area contributed by atoms with Gasteiger partial charge >= 0.3 is 0 Å². The van der Waals surface area contributed by atoms with Crippen molar-refractivity contribution in [3.05, 3.63) is 23.8 Å². The molecule has 2 heterocycles. The largest absolute Gasteiger partial charge is 0.495 e. The Balaban J connectivity index is 0.000000328. The molecule has 2 saturated heterocycles. The Labute approximate surface area is 268 Å². The molecule has 2 aliphatic carbocycles. The van der Waals surface area contributed by atoms with Gasteiger partial charge in [-0.2, -0.15) is 0 Å². The molecule has 2 saturated carbocycles. The minimum Gasteiger partial charge on any atom is -0.495 e. The maximum atomic E-state index is 13.0. The predicted molar refractivity (Wildman–Crippen MR) is 179 cm³/mol. The SMILES string of the molecule is COc1cc(C)ccc1S(=O)(=O)N[C@@H]1CCCC[C@H]1CN1CCCCC1.Cl.Cl.N[C@@H]1CCCC[C@H]1CN1CCCCC1. The maximum Gasteiger partial charge on any atom is 0.244 e. The van der Waals surface area contributed by atoms with Crippen LogP contribution in [0.2, 0.25) is 0 Å². The van der Waals surface area contributed by atoms with Gasteiger partial charge in [-0.05, 0) is 114 Å². The van der Waals surface area contributed by atoms with Crippen molar-refractivity contribution in [2.24, 2.45) is 17.6 Å². The lowest BCUT2D eigenvalue weighted by atomic mass is 9.84. The van der Waals surface area contributed by atoms with Crippen LogP contribution in [0.5, 0.6) is 5.75 Å². The molecule has 0 bridgehead atoms. The summed E-state index contributed by atoms with van der Waals surface area (Å²) in [6, 6.07) is 5.76. The zero-order chi connectivity index (χ0) is 28.4. The summed E-state index contributed by atoms with van der Waals surface area (Å²) in [5.74, 6) is 1.61. The van der Waals surface area contributed by atoms with E-state index in [0.717, 1.165) is 50.4 Å². The molecule has 7 nitrogen and oxygen atoms in total. The van der Waals surface area contributed by atoms with E-state index >= 15 is 0 Å². The fourth-order valence-corrected chi connectivity index (χ4v) is 8.74. The molecule has 2 aliphatic heterocycles. The molecule has 10 heteroatoms. The normalized spacial score (nSPS) is 27.5. The van der Waals surface area contributed by atoms with Crippen molar-refractivity contribution in [3.8, 4) is 5.75 Å². The molecule has 4 fully saturated rings.